The average Bonchev–Trinajstić information content (AvgIpc) is 3.41. The van der Waals surface area contributed by atoms with Gasteiger partial charge in [-0.3, -0.25) is 0 Å². The van der Waals surface area contributed by atoms with Gasteiger partial charge in [0.25, 0.3) is 0 Å². The molecule has 0 radical (unpaired) electrons. The topological polar surface area (TPSA) is 88.9 Å². The molecular formula is C19H14F5N5O2. The third-order valence-corrected chi connectivity index (χ3v) is 4.37. The maximum atomic E-state index is 14.9. The van der Waals surface area contributed by atoms with Crippen LogP contribution in [0, 0.1) is 5.82 Å². The van der Waals surface area contributed by atoms with E-state index in [9.17, 15) is 22.0 Å². The number of ether oxygens (including phenoxy) is 1. The van der Waals surface area contributed by atoms with E-state index in [-0.39, 0.29) is 34.8 Å². The molecule has 7 nitrogen and oxygen atoms in total. The van der Waals surface area contributed by atoms with Crippen molar-refractivity contribution in [2.24, 2.45) is 0 Å². The summed E-state index contributed by atoms with van der Waals surface area (Å²) in [6, 6.07) is 8.54. The summed E-state index contributed by atoms with van der Waals surface area (Å²) < 4.78 is 75.2. The highest BCUT2D eigenvalue weighted by Gasteiger charge is 2.28. The van der Waals surface area contributed by atoms with Crippen molar-refractivity contribution in [2.45, 2.75) is 19.4 Å². The predicted molar refractivity (Wildman–Crippen MR) is 99.5 cm³/mol. The van der Waals surface area contributed by atoms with Crippen LogP contribution in [0.1, 0.15) is 11.1 Å². The van der Waals surface area contributed by atoms with E-state index < -0.39 is 25.3 Å². The summed E-state index contributed by atoms with van der Waals surface area (Å²) in [4.78, 5) is 0. The van der Waals surface area contributed by atoms with Gasteiger partial charge in [0.05, 0.1) is 5.39 Å². The fraction of sp³-hybridized carbons (Fsp3) is 0.211. The Hall–Kier alpha value is -3.70. The summed E-state index contributed by atoms with van der Waals surface area (Å²) in [7, 11) is 0. The van der Waals surface area contributed by atoms with Crippen molar-refractivity contribution in [2.75, 3.05) is 11.9 Å². The molecule has 2 heterocycles. The minimum Gasteiger partial charge on any atom is -0.484 e. The van der Waals surface area contributed by atoms with Crippen LogP contribution in [0.5, 0.6) is 5.75 Å². The van der Waals surface area contributed by atoms with E-state index in [4.69, 9.17) is 4.42 Å². The molecular weight excluding hydrogens is 425 g/mol. The van der Waals surface area contributed by atoms with Crippen molar-refractivity contribution in [1.82, 2.24) is 20.6 Å². The molecule has 12 heteroatoms. The number of furan rings is 1. The molecule has 4 aromatic rings. The third-order valence-electron chi connectivity index (χ3n) is 4.37. The summed E-state index contributed by atoms with van der Waals surface area (Å²) in [6.07, 6.45) is -4.53. The van der Waals surface area contributed by atoms with Gasteiger partial charge in [-0.1, -0.05) is 6.07 Å². The van der Waals surface area contributed by atoms with Gasteiger partial charge in [0.1, 0.15) is 23.8 Å². The molecule has 0 saturated heterocycles. The van der Waals surface area contributed by atoms with E-state index >= 15 is 0 Å². The molecule has 0 atom stereocenters. The van der Waals surface area contributed by atoms with Crippen molar-refractivity contribution in [3.05, 3.63) is 53.3 Å². The maximum Gasteiger partial charge on any atom is 0.422 e. The SMILES string of the molecule is FCc1cc(NCc2ccc3oc(-c4nnn[nH]4)cc3c2F)ccc1OCC(F)(F)F. The van der Waals surface area contributed by atoms with Gasteiger partial charge in [0, 0.05) is 23.4 Å². The van der Waals surface area contributed by atoms with Gasteiger partial charge in [0.2, 0.25) is 5.82 Å². The van der Waals surface area contributed by atoms with Crippen molar-refractivity contribution in [3.8, 4) is 17.3 Å². The number of nitrogens with zero attached hydrogens (tertiary/aromatic N) is 3. The molecule has 0 bridgehead atoms. The Kier molecular flexibility index (Phi) is 5.44. The molecule has 0 spiro atoms. The lowest BCUT2D eigenvalue weighted by Crippen LogP contribution is -2.19. The van der Waals surface area contributed by atoms with E-state index in [1.807, 2.05) is 0 Å². The van der Waals surface area contributed by atoms with E-state index in [1.54, 1.807) is 6.07 Å². The molecule has 0 amide bonds. The number of benzene rings is 2. The Morgan fingerprint density at radius 1 is 1.10 bits per heavy atom. The van der Waals surface area contributed by atoms with Crippen LogP contribution < -0.4 is 10.1 Å². The highest BCUT2D eigenvalue weighted by Crippen LogP contribution is 2.30. The first kappa shape index (κ1) is 20.6. The largest absolute Gasteiger partial charge is 0.484 e. The standard InChI is InChI=1S/C19H14F5N5O2/c20-7-11-5-12(2-4-14(11)30-9-19(22,23)24)25-8-10-1-3-15-13(17(10)21)6-16(31-15)18-26-28-29-27-18/h1-6,25H,7-9H2,(H,26,27,28,29). The van der Waals surface area contributed by atoms with Gasteiger partial charge >= 0.3 is 6.18 Å². The van der Waals surface area contributed by atoms with E-state index in [2.05, 4.69) is 30.7 Å². The van der Waals surface area contributed by atoms with Gasteiger partial charge < -0.3 is 14.5 Å². The van der Waals surface area contributed by atoms with Gasteiger partial charge in [0.15, 0.2) is 12.4 Å². The zero-order valence-corrected chi connectivity index (χ0v) is 15.6. The van der Waals surface area contributed by atoms with Gasteiger partial charge in [-0.2, -0.15) is 13.2 Å². The smallest absolute Gasteiger partial charge is 0.422 e. The Balaban J connectivity index is 1.50. The maximum absolute atomic E-state index is 14.9. The summed E-state index contributed by atoms with van der Waals surface area (Å²) in [5.41, 5.74) is 0.950. The summed E-state index contributed by atoms with van der Waals surface area (Å²) in [5.74, 6) is -0.206. The number of anilines is 1. The number of hydrogen-bond acceptors (Lipinski definition) is 6. The number of halogens is 5. The van der Waals surface area contributed by atoms with Gasteiger partial charge in [-0.25, -0.2) is 13.9 Å². The fourth-order valence-electron chi connectivity index (χ4n) is 2.93. The molecule has 2 N–H and O–H groups in total. The molecule has 0 aliphatic heterocycles. The lowest BCUT2D eigenvalue weighted by atomic mass is 10.1. The van der Waals surface area contributed by atoms with Crippen LogP contribution >= 0.6 is 0 Å². The summed E-state index contributed by atoms with van der Waals surface area (Å²) in [6.45, 7) is -2.49. The second-order valence-corrected chi connectivity index (χ2v) is 6.52. The van der Waals surface area contributed by atoms with E-state index in [0.717, 1.165) is 0 Å². The molecule has 31 heavy (non-hydrogen) atoms. The molecule has 2 aromatic carbocycles. The monoisotopic (exact) mass is 439 g/mol. The van der Waals surface area contributed by atoms with Crippen LogP contribution in [0.3, 0.4) is 0 Å². The quantitative estimate of drug-likeness (QED) is 0.403. The number of aromatic nitrogens is 4. The highest BCUT2D eigenvalue weighted by molar-refractivity contribution is 5.83. The third kappa shape index (κ3) is 4.57. The minimum atomic E-state index is -4.53. The Labute approximate surface area is 171 Å². The number of hydrogen-bond donors (Lipinski definition) is 2. The summed E-state index contributed by atoms with van der Waals surface area (Å²) in [5, 5.41) is 16.3. The first-order chi connectivity index (χ1) is 14.8. The Morgan fingerprint density at radius 2 is 1.94 bits per heavy atom. The second-order valence-electron chi connectivity index (χ2n) is 6.52. The van der Waals surface area contributed by atoms with Crippen LogP contribution in [0.4, 0.5) is 27.6 Å². The van der Waals surface area contributed by atoms with Crippen LogP contribution in [0.15, 0.2) is 40.8 Å². The summed E-state index contributed by atoms with van der Waals surface area (Å²) >= 11 is 0. The molecule has 0 aliphatic rings. The van der Waals surface area contributed by atoms with Crippen molar-refractivity contribution >= 4 is 16.7 Å². The number of aromatic amines is 1. The molecule has 0 saturated carbocycles. The van der Waals surface area contributed by atoms with Gasteiger partial charge in [-0.05, 0) is 40.8 Å². The molecule has 0 unspecified atom stereocenters. The normalized spacial score (nSPS) is 11.8. The van der Waals surface area contributed by atoms with Crippen LogP contribution in [0.2, 0.25) is 0 Å². The minimum absolute atomic E-state index is 0.0423. The second kappa shape index (κ2) is 8.20. The average molecular weight is 439 g/mol. The van der Waals surface area contributed by atoms with E-state index in [1.165, 1.54) is 30.3 Å². The fourth-order valence-corrected chi connectivity index (χ4v) is 2.93. The van der Waals surface area contributed by atoms with Crippen LogP contribution in [0.25, 0.3) is 22.6 Å². The van der Waals surface area contributed by atoms with Crippen molar-refractivity contribution in [3.63, 3.8) is 0 Å². The number of fused-ring (bicyclic) bond motifs is 1. The molecule has 162 valence electrons. The zero-order valence-electron chi connectivity index (χ0n) is 15.6. The number of nitrogens with one attached hydrogen (secondary N) is 2. The molecule has 0 fully saturated rings. The number of alkyl halides is 4. The van der Waals surface area contributed by atoms with Crippen molar-refractivity contribution < 1.29 is 31.1 Å². The number of H-pyrrole nitrogens is 1. The molecule has 2 aromatic heterocycles. The van der Waals surface area contributed by atoms with Crippen LogP contribution in [-0.4, -0.2) is 33.4 Å². The predicted octanol–water partition coefficient (Wildman–Crippen LogP) is 4.77. The van der Waals surface area contributed by atoms with E-state index in [0.29, 0.717) is 16.8 Å². The highest BCUT2D eigenvalue weighted by atomic mass is 19.4. The zero-order chi connectivity index (χ0) is 22.0. The Bertz CT molecular complexity index is 1190. The number of tetrazole rings is 1. The Morgan fingerprint density at radius 3 is 2.65 bits per heavy atom. The lowest BCUT2D eigenvalue weighted by molar-refractivity contribution is -0.153. The van der Waals surface area contributed by atoms with Gasteiger partial charge in [-0.15, -0.1) is 5.10 Å². The lowest BCUT2D eigenvalue weighted by Gasteiger charge is -2.14. The number of rotatable bonds is 7. The van der Waals surface area contributed by atoms with Crippen LogP contribution in [-0.2, 0) is 13.2 Å². The molecule has 0 aliphatic carbocycles. The first-order valence-electron chi connectivity index (χ1n) is 8.91. The van der Waals surface area contributed by atoms with Crippen molar-refractivity contribution in [1.29, 1.82) is 0 Å². The first-order valence-corrected chi connectivity index (χ1v) is 8.91. The molecule has 4 rings (SSSR count).